The second kappa shape index (κ2) is 7.85. The van der Waals surface area contributed by atoms with Crippen LogP contribution in [0.5, 0.6) is 5.75 Å². The van der Waals surface area contributed by atoms with Crippen LogP contribution in [-0.2, 0) is 7.05 Å². The van der Waals surface area contributed by atoms with E-state index in [1.807, 2.05) is 25.4 Å². The van der Waals surface area contributed by atoms with Gasteiger partial charge in [-0.2, -0.15) is 15.3 Å². The summed E-state index contributed by atoms with van der Waals surface area (Å²) < 4.78 is 22.3. The van der Waals surface area contributed by atoms with Crippen LogP contribution in [0.15, 0.2) is 30.5 Å². The van der Waals surface area contributed by atoms with E-state index in [1.165, 1.54) is 6.07 Å². The van der Waals surface area contributed by atoms with Crippen molar-refractivity contribution in [2.45, 2.75) is 25.7 Å². The highest BCUT2D eigenvalue weighted by molar-refractivity contribution is 5.88. The molecule has 160 valence electrons. The van der Waals surface area contributed by atoms with Gasteiger partial charge in [0.25, 0.3) is 0 Å². The molecule has 5 rings (SSSR count). The standard InChI is InChI=1S/C23H25FN6O/c1-4-30-7-5-14(6-8-30)19-11-16-17(24)9-15(10-20(16)27-26-19)18-12-22(31-3)23-21(25-18)13-29(2)28-23/h9-14H,4-8H2,1-3H3. The summed E-state index contributed by atoms with van der Waals surface area (Å²) in [6, 6.07) is 6.99. The summed E-state index contributed by atoms with van der Waals surface area (Å²) in [5.74, 6) is 0.611. The van der Waals surface area contributed by atoms with Gasteiger partial charge in [-0.3, -0.25) is 4.68 Å². The number of halogens is 1. The smallest absolute Gasteiger partial charge is 0.153 e. The zero-order valence-corrected chi connectivity index (χ0v) is 18.0. The van der Waals surface area contributed by atoms with Crippen molar-refractivity contribution in [2.24, 2.45) is 7.05 Å². The molecule has 7 nitrogen and oxygen atoms in total. The Morgan fingerprint density at radius 3 is 2.65 bits per heavy atom. The Hall–Kier alpha value is -3.13. The third-order valence-electron chi connectivity index (χ3n) is 6.19. The number of aromatic nitrogens is 5. The fourth-order valence-corrected chi connectivity index (χ4v) is 4.40. The van der Waals surface area contributed by atoms with E-state index in [-0.39, 0.29) is 5.82 Å². The number of methoxy groups -OCH3 is 1. The molecule has 4 heterocycles. The highest BCUT2D eigenvalue weighted by Gasteiger charge is 2.22. The van der Waals surface area contributed by atoms with Crippen LogP contribution in [0.25, 0.3) is 33.2 Å². The predicted molar refractivity (Wildman–Crippen MR) is 118 cm³/mol. The van der Waals surface area contributed by atoms with Crippen molar-refractivity contribution in [3.05, 3.63) is 42.0 Å². The average Bonchev–Trinajstić information content (AvgIpc) is 3.18. The monoisotopic (exact) mass is 420 g/mol. The maximum absolute atomic E-state index is 15.1. The highest BCUT2D eigenvalue weighted by Crippen LogP contribution is 2.33. The Balaban J connectivity index is 1.52. The zero-order valence-electron chi connectivity index (χ0n) is 18.0. The van der Waals surface area contributed by atoms with Crippen molar-refractivity contribution in [1.29, 1.82) is 0 Å². The van der Waals surface area contributed by atoms with E-state index in [4.69, 9.17) is 4.74 Å². The Bertz CT molecular complexity index is 1260. The summed E-state index contributed by atoms with van der Waals surface area (Å²) in [4.78, 5) is 7.07. The molecular weight excluding hydrogens is 395 g/mol. The summed E-state index contributed by atoms with van der Waals surface area (Å²) >= 11 is 0. The number of hydrogen-bond donors (Lipinski definition) is 0. The van der Waals surface area contributed by atoms with Crippen LogP contribution in [0.2, 0.25) is 0 Å². The fourth-order valence-electron chi connectivity index (χ4n) is 4.40. The van der Waals surface area contributed by atoms with Gasteiger partial charge in [0, 0.05) is 30.0 Å². The molecule has 0 atom stereocenters. The number of ether oxygens (including phenoxy) is 1. The maximum atomic E-state index is 15.1. The third kappa shape index (κ3) is 3.61. The van der Waals surface area contributed by atoms with Gasteiger partial charge in [-0.05, 0) is 50.7 Å². The van der Waals surface area contributed by atoms with Gasteiger partial charge in [0.2, 0.25) is 0 Å². The first-order chi connectivity index (χ1) is 15.1. The summed E-state index contributed by atoms with van der Waals surface area (Å²) in [7, 11) is 3.42. The Labute approximate surface area is 179 Å². The molecule has 0 unspecified atom stereocenters. The number of hydrogen-bond acceptors (Lipinski definition) is 6. The number of fused-ring (bicyclic) bond motifs is 2. The Morgan fingerprint density at radius 2 is 1.90 bits per heavy atom. The van der Waals surface area contributed by atoms with E-state index in [2.05, 4.69) is 32.1 Å². The van der Waals surface area contributed by atoms with Crippen LogP contribution in [-0.4, -0.2) is 56.6 Å². The summed E-state index contributed by atoms with van der Waals surface area (Å²) in [6.07, 6.45) is 3.87. The van der Waals surface area contributed by atoms with Gasteiger partial charge in [0.15, 0.2) is 11.3 Å². The number of nitrogens with zero attached hydrogens (tertiary/aromatic N) is 6. The molecule has 0 saturated carbocycles. The summed E-state index contributed by atoms with van der Waals surface area (Å²) in [5.41, 5.74) is 4.01. The first-order valence-corrected chi connectivity index (χ1v) is 10.6. The number of rotatable bonds is 4. The number of piperidine rings is 1. The largest absolute Gasteiger partial charge is 0.494 e. The summed E-state index contributed by atoms with van der Waals surface area (Å²) in [5, 5.41) is 13.7. The van der Waals surface area contributed by atoms with Gasteiger partial charge in [-0.15, -0.1) is 0 Å². The van der Waals surface area contributed by atoms with E-state index < -0.39 is 0 Å². The topological polar surface area (TPSA) is 69.0 Å². The lowest BCUT2D eigenvalue weighted by atomic mass is 9.92. The first-order valence-electron chi connectivity index (χ1n) is 10.6. The van der Waals surface area contributed by atoms with E-state index in [1.54, 1.807) is 17.9 Å². The van der Waals surface area contributed by atoms with Crippen molar-refractivity contribution >= 4 is 21.9 Å². The molecule has 8 heteroatoms. The third-order valence-corrected chi connectivity index (χ3v) is 6.19. The minimum absolute atomic E-state index is 0.318. The van der Waals surface area contributed by atoms with Crippen molar-refractivity contribution < 1.29 is 9.13 Å². The van der Waals surface area contributed by atoms with Crippen LogP contribution >= 0.6 is 0 Å². The lowest BCUT2D eigenvalue weighted by molar-refractivity contribution is 0.220. The van der Waals surface area contributed by atoms with Gasteiger partial charge in [0.05, 0.1) is 30.2 Å². The second-order valence-corrected chi connectivity index (χ2v) is 8.11. The van der Waals surface area contributed by atoms with Crippen molar-refractivity contribution in [1.82, 2.24) is 29.9 Å². The van der Waals surface area contributed by atoms with Crippen molar-refractivity contribution in [3.8, 4) is 17.0 Å². The lowest BCUT2D eigenvalue weighted by Gasteiger charge is -2.30. The van der Waals surface area contributed by atoms with Gasteiger partial charge in [-0.25, -0.2) is 9.37 Å². The van der Waals surface area contributed by atoms with E-state index >= 15 is 4.39 Å². The molecule has 0 aliphatic carbocycles. The molecule has 4 aromatic rings. The average molecular weight is 420 g/mol. The minimum atomic E-state index is -0.318. The second-order valence-electron chi connectivity index (χ2n) is 8.11. The van der Waals surface area contributed by atoms with Gasteiger partial charge in [-0.1, -0.05) is 6.92 Å². The fraction of sp³-hybridized carbons (Fsp3) is 0.391. The molecule has 31 heavy (non-hydrogen) atoms. The predicted octanol–water partition coefficient (Wildman–Crippen LogP) is 3.93. The van der Waals surface area contributed by atoms with E-state index in [9.17, 15) is 0 Å². The molecule has 0 N–H and O–H groups in total. The van der Waals surface area contributed by atoms with Crippen LogP contribution in [0.1, 0.15) is 31.4 Å². The van der Waals surface area contributed by atoms with E-state index in [0.717, 1.165) is 38.2 Å². The number of pyridine rings is 1. The van der Waals surface area contributed by atoms with Crippen LogP contribution in [0.4, 0.5) is 4.39 Å². The van der Waals surface area contributed by atoms with Crippen LogP contribution in [0, 0.1) is 5.82 Å². The molecule has 1 aliphatic heterocycles. The molecule has 1 fully saturated rings. The quantitative estimate of drug-likeness (QED) is 0.498. The first kappa shape index (κ1) is 19.8. The van der Waals surface area contributed by atoms with Gasteiger partial charge >= 0.3 is 0 Å². The summed E-state index contributed by atoms with van der Waals surface area (Å²) in [6.45, 7) is 5.34. The molecule has 0 amide bonds. The molecule has 0 radical (unpaired) electrons. The normalized spacial score (nSPS) is 15.7. The van der Waals surface area contributed by atoms with Crippen LogP contribution < -0.4 is 4.74 Å². The van der Waals surface area contributed by atoms with Gasteiger partial charge in [0.1, 0.15) is 11.3 Å². The SMILES string of the molecule is CCN1CCC(c2cc3c(F)cc(-c4cc(OC)c5nn(C)cc5n4)cc3nn2)CC1. The number of aryl methyl sites for hydroxylation is 1. The van der Waals surface area contributed by atoms with E-state index in [0.29, 0.717) is 44.9 Å². The molecule has 0 spiro atoms. The highest BCUT2D eigenvalue weighted by atomic mass is 19.1. The molecule has 0 bridgehead atoms. The molecule has 1 aromatic carbocycles. The minimum Gasteiger partial charge on any atom is -0.494 e. The molecule has 1 saturated heterocycles. The maximum Gasteiger partial charge on any atom is 0.153 e. The lowest BCUT2D eigenvalue weighted by Crippen LogP contribution is -2.32. The van der Waals surface area contributed by atoms with Crippen LogP contribution in [0.3, 0.4) is 0 Å². The molecule has 3 aromatic heterocycles. The van der Waals surface area contributed by atoms with Crippen molar-refractivity contribution in [3.63, 3.8) is 0 Å². The van der Waals surface area contributed by atoms with Crippen molar-refractivity contribution in [2.75, 3.05) is 26.7 Å². The molecule has 1 aliphatic rings. The zero-order chi connectivity index (χ0) is 21.5. The van der Waals surface area contributed by atoms with Gasteiger partial charge < -0.3 is 9.64 Å². The Kier molecular flexibility index (Phi) is 5.02. The Morgan fingerprint density at radius 1 is 1.10 bits per heavy atom. The molecular formula is C23H25FN6O. The number of likely N-dealkylation sites (tertiary alicyclic amines) is 1. The number of benzene rings is 1.